The van der Waals surface area contributed by atoms with E-state index in [0.29, 0.717) is 17.9 Å². The summed E-state index contributed by atoms with van der Waals surface area (Å²) >= 11 is 0. The van der Waals surface area contributed by atoms with Crippen LogP contribution in [0.15, 0.2) is 30.3 Å². The minimum atomic E-state index is -1.51. The average molecular weight is 279 g/mol. The van der Waals surface area contributed by atoms with Crippen molar-refractivity contribution in [1.29, 1.82) is 0 Å². The quantitative estimate of drug-likeness (QED) is 0.857. The molecule has 2 N–H and O–H groups in total. The summed E-state index contributed by atoms with van der Waals surface area (Å²) in [5.41, 5.74) is 7.47. The predicted molar refractivity (Wildman–Crippen MR) is 68.0 cm³/mol. The number of halogens is 3. The lowest BCUT2D eigenvalue weighted by atomic mass is 9.96. The van der Waals surface area contributed by atoms with Gasteiger partial charge in [0.15, 0.2) is 17.5 Å². The van der Waals surface area contributed by atoms with Gasteiger partial charge in [-0.1, -0.05) is 24.3 Å². The molecule has 2 nitrogen and oxygen atoms in total. The standard InChI is InChI=1S/C15H12F3NO/c16-11-5-4-9(12(17)13(11)18)14(19)10-3-1-2-8-6-7-20-15(8)10/h1-5,14H,6-7,19H2. The molecule has 1 heterocycles. The summed E-state index contributed by atoms with van der Waals surface area (Å²) in [5.74, 6) is -3.38. The van der Waals surface area contributed by atoms with Gasteiger partial charge in [0.05, 0.1) is 12.6 Å². The third kappa shape index (κ3) is 1.94. The van der Waals surface area contributed by atoms with Crippen LogP contribution in [0.3, 0.4) is 0 Å². The average Bonchev–Trinajstić information content (AvgIpc) is 2.92. The summed E-state index contributed by atoms with van der Waals surface area (Å²) in [7, 11) is 0. The van der Waals surface area contributed by atoms with Crippen LogP contribution >= 0.6 is 0 Å². The van der Waals surface area contributed by atoms with Gasteiger partial charge in [-0.05, 0) is 11.6 Å². The molecule has 0 aliphatic carbocycles. The van der Waals surface area contributed by atoms with Gasteiger partial charge in [0.1, 0.15) is 5.75 Å². The van der Waals surface area contributed by atoms with Crippen LogP contribution in [0.2, 0.25) is 0 Å². The molecule has 0 aromatic heterocycles. The molecule has 5 heteroatoms. The molecule has 2 aromatic carbocycles. The first-order valence-corrected chi connectivity index (χ1v) is 6.23. The summed E-state index contributed by atoms with van der Waals surface area (Å²) < 4.78 is 45.6. The van der Waals surface area contributed by atoms with E-state index in [2.05, 4.69) is 0 Å². The molecule has 0 bridgehead atoms. The summed E-state index contributed by atoms with van der Waals surface area (Å²) in [4.78, 5) is 0. The SMILES string of the molecule is NC(c1ccc(F)c(F)c1F)c1cccc2c1OCC2. The fourth-order valence-electron chi connectivity index (χ4n) is 2.43. The van der Waals surface area contributed by atoms with Crippen molar-refractivity contribution in [3.05, 3.63) is 64.5 Å². The van der Waals surface area contributed by atoms with Crippen LogP contribution in [0.1, 0.15) is 22.7 Å². The van der Waals surface area contributed by atoms with Crippen molar-refractivity contribution in [3.8, 4) is 5.75 Å². The largest absolute Gasteiger partial charge is 0.493 e. The maximum Gasteiger partial charge on any atom is 0.194 e. The highest BCUT2D eigenvalue weighted by Gasteiger charge is 2.24. The normalized spacial score (nSPS) is 14.8. The van der Waals surface area contributed by atoms with Crippen LogP contribution in [-0.4, -0.2) is 6.61 Å². The van der Waals surface area contributed by atoms with Crippen LogP contribution < -0.4 is 10.5 Å². The fraction of sp³-hybridized carbons (Fsp3) is 0.200. The number of benzene rings is 2. The molecule has 1 atom stereocenters. The zero-order valence-corrected chi connectivity index (χ0v) is 10.5. The van der Waals surface area contributed by atoms with Gasteiger partial charge in [-0.25, -0.2) is 13.2 Å². The Morgan fingerprint density at radius 1 is 1.00 bits per heavy atom. The number of para-hydroxylation sites is 1. The van der Waals surface area contributed by atoms with E-state index in [1.54, 1.807) is 12.1 Å². The van der Waals surface area contributed by atoms with Crippen molar-refractivity contribution < 1.29 is 17.9 Å². The van der Waals surface area contributed by atoms with Gasteiger partial charge in [0.2, 0.25) is 0 Å². The Bertz CT molecular complexity index is 672. The van der Waals surface area contributed by atoms with E-state index in [-0.39, 0.29) is 5.56 Å². The van der Waals surface area contributed by atoms with Gasteiger partial charge in [0.25, 0.3) is 0 Å². The number of ether oxygens (including phenoxy) is 1. The third-order valence-electron chi connectivity index (χ3n) is 3.48. The van der Waals surface area contributed by atoms with Crippen molar-refractivity contribution in [1.82, 2.24) is 0 Å². The molecule has 1 aliphatic rings. The number of hydrogen-bond acceptors (Lipinski definition) is 2. The maximum absolute atomic E-state index is 13.8. The number of rotatable bonds is 2. The second-order valence-corrected chi connectivity index (χ2v) is 4.68. The Morgan fingerprint density at radius 2 is 1.80 bits per heavy atom. The zero-order chi connectivity index (χ0) is 14.3. The maximum atomic E-state index is 13.8. The van der Waals surface area contributed by atoms with Crippen molar-refractivity contribution in [2.45, 2.75) is 12.5 Å². The second-order valence-electron chi connectivity index (χ2n) is 4.68. The highest BCUT2D eigenvalue weighted by molar-refractivity contribution is 5.48. The van der Waals surface area contributed by atoms with Crippen LogP contribution in [0, 0.1) is 17.5 Å². The zero-order valence-electron chi connectivity index (χ0n) is 10.5. The Balaban J connectivity index is 2.08. The van der Waals surface area contributed by atoms with Gasteiger partial charge in [0, 0.05) is 17.5 Å². The first-order chi connectivity index (χ1) is 9.59. The summed E-state index contributed by atoms with van der Waals surface area (Å²) in [5, 5.41) is 0. The first kappa shape index (κ1) is 13.0. The van der Waals surface area contributed by atoms with E-state index in [1.807, 2.05) is 6.07 Å². The molecular weight excluding hydrogens is 267 g/mol. The van der Waals surface area contributed by atoms with Crippen LogP contribution in [0.5, 0.6) is 5.75 Å². The molecule has 104 valence electrons. The van der Waals surface area contributed by atoms with E-state index < -0.39 is 23.5 Å². The molecule has 1 aliphatic heterocycles. The van der Waals surface area contributed by atoms with Gasteiger partial charge in [-0.3, -0.25) is 0 Å². The topological polar surface area (TPSA) is 35.2 Å². The fourth-order valence-corrected chi connectivity index (χ4v) is 2.43. The molecule has 0 saturated heterocycles. The molecule has 0 saturated carbocycles. The van der Waals surface area contributed by atoms with Gasteiger partial charge >= 0.3 is 0 Å². The Morgan fingerprint density at radius 3 is 2.60 bits per heavy atom. The molecule has 0 fully saturated rings. The first-order valence-electron chi connectivity index (χ1n) is 6.23. The minimum absolute atomic E-state index is 0.0900. The number of fused-ring (bicyclic) bond motifs is 1. The van der Waals surface area contributed by atoms with E-state index in [0.717, 1.165) is 24.1 Å². The molecule has 20 heavy (non-hydrogen) atoms. The molecule has 0 radical (unpaired) electrons. The monoisotopic (exact) mass is 279 g/mol. The minimum Gasteiger partial charge on any atom is -0.493 e. The summed E-state index contributed by atoms with van der Waals surface area (Å²) in [6.45, 7) is 0.541. The Labute approximate surface area is 114 Å². The number of hydrogen-bond donors (Lipinski definition) is 1. The smallest absolute Gasteiger partial charge is 0.194 e. The van der Waals surface area contributed by atoms with Crippen molar-refractivity contribution in [2.75, 3.05) is 6.61 Å². The lowest BCUT2D eigenvalue weighted by Crippen LogP contribution is -2.16. The molecule has 3 rings (SSSR count). The predicted octanol–water partition coefficient (Wildman–Crippen LogP) is 3.09. The van der Waals surface area contributed by atoms with Crippen molar-refractivity contribution >= 4 is 0 Å². The Kier molecular flexibility index (Phi) is 3.14. The van der Waals surface area contributed by atoms with E-state index in [4.69, 9.17) is 10.5 Å². The lowest BCUT2D eigenvalue weighted by Gasteiger charge is -2.17. The molecule has 0 amide bonds. The van der Waals surface area contributed by atoms with Crippen LogP contribution in [-0.2, 0) is 6.42 Å². The van der Waals surface area contributed by atoms with E-state index in [9.17, 15) is 13.2 Å². The molecule has 0 spiro atoms. The highest BCUT2D eigenvalue weighted by atomic mass is 19.2. The lowest BCUT2D eigenvalue weighted by molar-refractivity contribution is 0.352. The van der Waals surface area contributed by atoms with Gasteiger partial charge < -0.3 is 10.5 Å². The van der Waals surface area contributed by atoms with Crippen molar-refractivity contribution in [2.24, 2.45) is 5.73 Å². The highest BCUT2D eigenvalue weighted by Crippen LogP contribution is 2.36. The molecule has 2 aromatic rings. The summed E-state index contributed by atoms with van der Waals surface area (Å²) in [6, 6.07) is 6.53. The third-order valence-corrected chi connectivity index (χ3v) is 3.48. The van der Waals surface area contributed by atoms with E-state index >= 15 is 0 Å². The van der Waals surface area contributed by atoms with Crippen LogP contribution in [0.25, 0.3) is 0 Å². The summed E-state index contributed by atoms with van der Waals surface area (Å²) in [6.07, 6.45) is 0.760. The molecular formula is C15H12F3NO. The molecule has 1 unspecified atom stereocenters. The van der Waals surface area contributed by atoms with Gasteiger partial charge in [-0.2, -0.15) is 0 Å². The van der Waals surface area contributed by atoms with E-state index in [1.165, 1.54) is 0 Å². The Hall–Kier alpha value is -2.01. The number of nitrogens with two attached hydrogens (primary N) is 1. The van der Waals surface area contributed by atoms with Crippen LogP contribution in [0.4, 0.5) is 13.2 Å². The van der Waals surface area contributed by atoms with Gasteiger partial charge in [-0.15, -0.1) is 0 Å². The second kappa shape index (κ2) is 4.83. The van der Waals surface area contributed by atoms with Crippen molar-refractivity contribution in [3.63, 3.8) is 0 Å².